The molecule has 2 aromatic heterocycles. The number of nitro benzene ring substituents is 1. The third-order valence-corrected chi connectivity index (χ3v) is 3.81. The van der Waals surface area contributed by atoms with Crippen LogP contribution in [0.5, 0.6) is 5.75 Å². The Balaban J connectivity index is 1.66. The van der Waals surface area contributed by atoms with Gasteiger partial charge in [-0.2, -0.15) is 5.10 Å². The van der Waals surface area contributed by atoms with E-state index in [4.69, 9.17) is 4.74 Å². The van der Waals surface area contributed by atoms with Crippen LogP contribution in [-0.2, 0) is 6.54 Å². The minimum atomic E-state index is -0.429. The zero-order valence-corrected chi connectivity index (χ0v) is 13.5. The topological polar surface area (TPSA) is 75.1 Å². The number of ether oxygens (including phenoxy) is 1. The highest BCUT2D eigenvalue weighted by molar-refractivity contribution is 5.36. The Labute approximate surface area is 139 Å². The molecule has 0 fully saturated rings. The quantitative estimate of drug-likeness (QED) is 0.514. The van der Waals surface area contributed by atoms with Gasteiger partial charge in [0.15, 0.2) is 0 Å². The van der Waals surface area contributed by atoms with Gasteiger partial charge in [0.05, 0.1) is 17.7 Å². The van der Waals surface area contributed by atoms with Crippen molar-refractivity contribution in [2.24, 2.45) is 0 Å². The fourth-order valence-corrected chi connectivity index (χ4v) is 2.63. The molecule has 1 aromatic carbocycles. The molecule has 3 rings (SSSR count). The molecular formula is C17H18N4O3. The number of rotatable bonds is 6. The minimum Gasteiger partial charge on any atom is -0.492 e. The lowest BCUT2D eigenvalue weighted by Gasteiger charge is -2.13. The van der Waals surface area contributed by atoms with Gasteiger partial charge in [-0.05, 0) is 38.1 Å². The molecule has 2 heterocycles. The van der Waals surface area contributed by atoms with Crippen molar-refractivity contribution in [2.45, 2.75) is 20.4 Å². The van der Waals surface area contributed by atoms with Gasteiger partial charge in [0.2, 0.25) is 0 Å². The molecule has 3 aromatic rings. The van der Waals surface area contributed by atoms with E-state index >= 15 is 0 Å². The van der Waals surface area contributed by atoms with Gasteiger partial charge >= 0.3 is 0 Å². The Morgan fingerprint density at radius 1 is 1.08 bits per heavy atom. The normalized spacial score (nSPS) is 10.8. The van der Waals surface area contributed by atoms with Crippen molar-refractivity contribution in [3.05, 3.63) is 70.2 Å². The van der Waals surface area contributed by atoms with Crippen LogP contribution in [0.25, 0.3) is 5.82 Å². The number of non-ortho nitro benzene ring substituents is 1. The summed E-state index contributed by atoms with van der Waals surface area (Å²) in [4.78, 5) is 10.2. The third-order valence-electron chi connectivity index (χ3n) is 3.81. The van der Waals surface area contributed by atoms with Gasteiger partial charge in [0, 0.05) is 29.6 Å². The average Bonchev–Trinajstić information content (AvgIpc) is 3.14. The van der Waals surface area contributed by atoms with Crippen molar-refractivity contribution in [3.63, 3.8) is 0 Å². The van der Waals surface area contributed by atoms with Crippen LogP contribution in [-0.4, -0.2) is 25.9 Å². The molecule has 0 bridgehead atoms. The highest BCUT2D eigenvalue weighted by Crippen LogP contribution is 2.18. The molecule has 0 aliphatic heterocycles. The van der Waals surface area contributed by atoms with Crippen LogP contribution in [0.4, 0.5) is 5.69 Å². The van der Waals surface area contributed by atoms with Crippen LogP contribution < -0.4 is 4.74 Å². The molecule has 7 heteroatoms. The molecule has 0 N–H and O–H groups in total. The maximum atomic E-state index is 10.6. The first kappa shape index (κ1) is 15.8. The molecule has 0 saturated carbocycles. The molecule has 24 heavy (non-hydrogen) atoms. The van der Waals surface area contributed by atoms with E-state index < -0.39 is 4.92 Å². The van der Waals surface area contributed by atoms with Crippen molar-refractivity contribution in [1.82, 2.24) is 14.3 Å². The summed E-state index contributed by atoms with van der Waals surface area (Å²) in [6.45, 7) is 5.11. The number of aryl methyl sites for hydroxylation is 2. The Morgan fingerprint density at radius 3 is 2.38 bits per heavy atom. The highest BCUT2D eigenvalue weighted by Gasteiger charge is 2.10. The summed E-state index contributed by atoms with van der Waals surface area (Å²) in [6.07, 6.45) is 1.76. The number of hydrogen-bond donors (Lipinski definition) is 0. The number of aromatic nitrogens is 3. The van der Waals surface area contributed by atoms with Gasteiger partial charge in [-0.15, -0.1) is 0 Å². The Hall–Kier alpha value is -3.09. The maximum absolute atomic E-state index is 10.6. The van der Waals surface area contributed by atoms with E-state index in [1.54, 1.807) is 18.3 Å². The number of benzene rings is 1. The van der Waals surface area contributed by atoms with E-state index in [1.807, 2.05) is 10.7 Å². The first-order valence-corrected chi connectivity index (χ1v) is 7.60. The first-order chi connectivity index (χ1) is 11.6. The molecular weight excluding hydrogens is 308 g/mol. The summed E-state index contributed by atoms with van der Waals surface area (Å²) in [5, 5.41) is 15.0. The lowest BCUT2D eigenvalue weighted by atomic mass is 10.3. The molecule has 0 amide bonds. The summed E-state index contributed by atoms with van der Waals surface area (Å²) in [7, 11) is 0. The van der Waals surface area contributed by atoms with Gasteiger partial charge in [-0.3, -0.25) is 10.1 Å². The first-order valence-electron chi connectivity index (χ1n) is 7.60. The van der Waals surface area contributed by atoms with E-state index in [0.717, 1.165) is 17.2 Å². The summed E-state index contributed by atoms with van der Waals surface area (Å²) in [5.41, 5.74) is 2.34. The van der Waals surface area contributed by atoms with E-state index in [2.05, 4.69) is 35.6 Å². The van der Waals surface area contributed by atoms with Crippen molar-refractivity contribution in [2.75, 3.05) is 6.61 Å². The van der Waals surface area contributed by atoms with E-state index in [-0.39, 0.29) is 5.69 Å². The Morgan fingerprint density at radius 2 is 1.75 bits per heavy atom. The molecule has 0 aliphatic carbocycles. The van der Waals surface area contributed by atoms with Crippen molar-refractivity contribution in [3.8, 4) is 11.6 Å². The largest absolute Gasteiger partial charge is 0.492 e. The van der Waals surface area contributed by atoms with Crippen LogP contribution >= 0.6 is 0 Å². The van der Waals surface area contributed by atoms with Crippen LogP contribution in [0.2, 0.25) is 0 Å². The van der Waals surface area contributed by atoms with Gasteiger partial charge in [0.25, 0.3) is 5.69 Å². The van der Waals surface area contributed by atoms with Gasteiger partial charge in [-0.25, -0.2) is 4.68 Å². The third kappa shape index (κ3) is 3.15. The van der Waals surface area contributed by atoms with Crippen molar-refractivity contribution in [1.29, 1.82) is 0 Å². The molecule has 0 spiro atoms. The standard InChI is InChI=1S/C17H18N4O3/c1-13-3-4-14(2)20(13)17-9-10-18-19(17)11-12-24-16-7-5-15(6-8-16)21(22)23/h3-10H,11-12H2,1-2H3. The van der Waals surface area contributed by atoms with Gasteiger partial charge in [0.1, 0.15) is 18.2 Å². The molecule has 7 nitrogen and oxygen atoms in total. The molecule has 124 valence electrons. The van der Waals surface area contributed by atoms with Crippen molar-refractivity contribution >= 4 is 5.69 Å². The second-order valence-corrected chi connectivity index (χ2v) is 5.46. The second-order valence-electron chi connectivity index (χ2n) is 5.46. The van der Waals surface area contributed by atoms with E-state index in [1.165, 1.54) is 12.1 Å². The lowest BCUT2D eigenvalue weighted by Crippen LogP contribution is -2.14. The fraction of sp³-hybridized carbons (Fsp3) is 0.235. The smallest absolute Gasteiger partial charge is 0.269 e. The fourth-order valence-electron chi connectivity index (χ4n) is 2.63. The number of nitro groups is 1. The Bertz CT molecular complexity index is 830. The monoisotopic (exact) mass is 326 g/mol. The summed E-state index contributed by atoms with van der Waals surface area (Å²) >= 11 is 0. The van der Waals surface area contributed by atoms with E-state index in [0.29, 0.717) is 18.9 Å². The lowest BCUT2D eigenvalue weighted by molar-refractivity contribution is -0.384. The van der Waals surface area contributed by atoms with Gasteiger partial charge in [-0.1, -0.05) is 0 Å². The second kappa shape index (κ2) is 6.57. The van der Waals surface area contributed by atoms with Crippen molar-refractivity contribution < 1.29 is 9.66 Å². The highest BCUT2D eigenvalue weighted by atomic mass is 16.6. The molecule has 0 unspecified atom stereocenters. The summed E-state index contributed by atoms with van der Waals surface area (Å²) in [5.74, 6) is 1.59. The molecule has 0 aliphatic rings. The van der Waals surface area contributed by atoms with E-state index in [9.17, 15) is 10.1 Å². The summed E-state index contributed by atoms with van der Waals surface area (Å²) < 4.78 is 9.67. The SMILES string of the molecule is Cc1ccc(C)n1-c1ccnn1CCOc1ccc([N+](=O)[O-])cc1. The number of nitrogens with zero attached hydrogens (tertiary/aromatic N) is 4. The zero-order valence-electron chi connectivity index (χ0n) is 13.5. The van der Waals surface area contributed by atoms with Crippen LogP contribution in [0.3, 0.4) is 0 Å². The molecule has 0 atom stereocenters. The molecule has 0 radical (unpaired) electrons. The van der Waals surface area contributed by atoms with Crippen LogP contribution in [0.15, 0.2) is 48.7 Å². The zero-order chi connectivity index (χ0) is 17.1. The average molecular weight is 326 g/mol. The summed E-state index contributed by atoms with van der Waals surface area (Å²) in [6, 6.07) is 12.2. The Kier molecular flexibility index (Phi) is 4.33. The predicted octanol–water partition coefficient (Wildman–Crippen LogP) is 3.28. The van der Waals surface area contributed by atoms with Crippen LogP contribution in [0, 0.1) is 24.0 Å². The van der Waals surface area contributed by atoms with Crippen LogP contribution in [0.1, 0.15) is 11.4 Å². The molecule has 0 saturated heterocycles. The minimum absolute atomic E-state index is 0.0512. The van der Waals surface area contributed by atoms with Gasteiger partial charge < -0.3 is 9.30 Å². The predicted molar refractivity (Wildman–Crippen MR) is 89.6 cm³/mol. The number of hydrogen-bond acceptors (Lipinski definition) is 4. The maximum Gasteiger partial charge on any atom is 0.269 e.